The zero-order chi connectivity index (χ0) is 19.8. The summed E-state index contributed by atoms with van der Waals surface area (Å²) in [6.45, 7) is 1.95. The van der Waals surface area contributed by atoms with Gasteiger partial charge >= 0.3 is 0 Å². The van der Waals surface area contributed by atoms with E-state index in [1.54, 1.807) is 31.3 Å². The lowest BCUT2D eigenvalue weighted by molar-refractivity contribution is -0.115. The molecule has 28 heavy (non-hydrogen) atoms. The molecule has 0 unspecified atom stereocenters. The van der Waals surface area contributed by atoms with Crippen LogP contribution in [-0.4, -0.2) is 23.8 Å². The maximum absolute atomic E-state index is 12.2. The normalized spacial score (nSPS) is 10.4. The third-order valence-corrected chi connectivity index (χ3v) is 4.99. The van der Waals surface area contributed by atoms with Gasteiger partial charge in [-0.1, -0.05) is 0 Å². The number of nitrogens with one attached hydrogen (secondary N) is 1. The predicted molar refractivity (Wildman–Crippen MR) is 112 cm³/mol. The van der Waals surface area contributed by atoms with Crippen molar-refractivity contribution in [2.24, 2.45) is 0 Å². The van der Waals surface area contributed by atoms with Gasteiger partial charge in [-0.15, -0.1) is 11.8 Å². The van der Waals surface area contributed by atoms with Gasteiger partial charge in [-0.2, -0.15) is 0 Å². The Morgan fingerprint density at radius 1 is 1.11 bits per heavy atom. The molecule has 3 aromatic rings. The SMILES string of the molecule is COc1ccc(SCCC(=O)Nc2ccc(Oc3cccnc3)c(C)c2)cc1. The van der Waals surface area contributed by atoms with Crippen LogP contribution < -0.4 is 14.8 Å². The van der Waals surface area contributed by atoms with E-state index < -0.39 is 0 Å². The van der Waals surface area contributed by atoms with Gasteiger partial charge in [0.2, 0.25) is 5.91 Å². The van der Waals surface area contributed by atoms with Crippen molar-refractivity contribution in [1.82, 2.24) is 4.98 Å². The quantitative estimate of drug-likeness (QED) is 0.525. The molecule has 0 saturated carbocycles. The van der Waals surface area contributed by atoms with Crippen molar-refractivity contribution < 1.29 is 14.3 Å². The highest BCUT2D eigenvalue weighted by Crippen LogP contribution is 2.27. The number of hydrogen-bond acceptors (Lipinski definition) is 5. The van der Waals surface area contributed by atoms with Crippen LogP contribution in [0.5, 0.6) is 17.2 Å². The van der Waals surface area contributed by atoms with E-state index in [9.17, 15) is 4.79 Å². The van der Waals surface area contributed by atoms with E-state index in [0.29, 0.717) is 17.9 Å². The first-order chi connectivity index (χ1) is 13.6. The number of pyridine rings is 1. The Hall–Kier alpha value is -2.99. The average Bonchev–Trinajstić information content (AvgIpc) is 2.71. The number of methoxy groups -OCH3 is 1. The minimum atomic E-state index is -0.0126. The largest absolute Gasteiger partial charge is 0.497 e. The summed E-state index contributed by atoms with van der Waals surface area (Å²) >= 11 is 1.64. The number of hydrogen-bond donors (Lipinski definition) is 1. The molecule has 0 aliphatic heterocycles. The van der Waals surface area contributed by atoms with Crippen molar-refractivity contribution in [1.29, 1.82) is 0 Å². The Morgan fingerprint density at radius 2 is 1.93 bits per heavy atom. The van der Waals surface area contributed by atoms with Gasteiger partial charge in [0.15, 0.2) is 0 Å². The molecule has 1 N–H and O–H groups in total. The third-order valence-electron chi connectivity index (χ3n) is 3.98. The van der Waals surface area contributed by atoms with Crippen LogP contribution in [0, 0.1) is 6.92 Å². The van der Waals surface area contributed by atoms with Crippen molar-refractivity contribution in [3.63, 3.8) is 0 Å². The maximum Gasteiger partial charge on any atom is 0.225 e. The van der Waals surface area contributed by atoms with Gasteiger partial charge in [0, 0.05) is 29.0 Å². The van der Waals surface area contributed by atoms with E-state index >= 15 is 0 Å². The average molecular weight is 394 g/mol. The minimum Gasteiger partial charge on any atom is -0.497 e. The molecule has 3 rings (SSSR count). The summed E-state index contributed by atoms with van der Waals surface area (Å²) in [5, 5.41) is 2.94. The summed E-state index contributed by atoms with van der Waals surface area (Å²) in [5.41, 5.74) is 1.70. The molecule has 1 heterocycles. The lowest BCUT2D eigenvalue weighted by Gasteiger charge is -2.11. The molecule has 0 radical (unpaired) electrons. The number of aromatic nitrogens is 1. The van der Waals surface area contributed by atoms with Gasteiger partial charge < -0.3 is 14.8 Å². The fourth-order valence-electron chi connectivity index (χ4n) is 2.53. The second-order valence-electron chi connectivity index (χ2n) is 6.09. The summed E-state index contributed by atoms with van der Waals surface area (Å²) in [4.78, 5) is 17.4. The van der Waals surface area contributed by atoms with Gasteiger partial charge in [0.1, 0.15) is 17.2 Å². The van der Waals surface area contributed by atoms with E-state index in [-0.39, 0.29) is 5.91 Å². The molecular weight excluding hydrogens is 372 g/mol. The second-order valence-corrected chi connectivity index (χ2v) is 7.26. The maximum atomic E-state index is 12.2. The van der Waals surface area contributed by atoms with Crippen LogP contribution in [0.1, 0.15) is 12.0 Å². The lowest BCUT2D eigenvalue weighted by atomic mass is 10.2. The summed E-state index contributed by atoms with van der Waals surface area (Å²) in [5.74, 6) is 2.94. The number of carbonyl (C=O) groups excluding carboxylic acids is 1. The first-order valence-electron chi connectivity index (χ1n) is 8.89. The standard InChI is InChI=1S/C22H22N2O3S/c1-16-14-17(5-10-21(16)27-19-4-3-12-23-15-19)24-22(25)11-13-28-20-8-6-18(26-2)7-9-20/h3-10,12,14-15H,11,13H2,1-2H3,(H,24,25). The molecule has 2 aromatic carbocycles. The van der Waals surface area contributed by atoms with Crippen LogP contribution >= 0.6 is 11.8 Å². The highest BCUT2D eigenvalue weighted by Gasteiger charge is 2.07. The molecule has 1 aromatic heterocycles. The van der Waals surface area contributed by atoms with E-state index in [4.69, 9.17) is 9.47 Å². The summed E-state index contributed by atoms with van der Waals surface area (Å²) < 4.78 is 11.0. The number of benzene rings is 2. The number of rotatable bonds is 8. The molecule has 0 saturated heterocycles. The summed E-state index contributed by atoms with van der Waals surface area (Å²) in [7, 11) is 1.64. The summed E-state index contributed by atoms with van der Waals surface area (Å²) in [6, 6.07) is 17.1. The van der Waals surface area contributed by atoms with Crippen LogP contribution in [-0.2, 0) is 4.79 Å². The Morgan fingerprint density at radius 3 is 2.61 bits per heavy atom. The molecule has 6 heteroatoms. The number of nitrogens with zero attached hydrogens (tertiary/aromatic N) is 1. The molecular formula is C22H22N2O3S. The van der Waals surface area contributed by atoms with E-state index in [2.05, 4.69) is 10.3 Å². The fourth-order valence-corrected chi connectivity index (χ4v) is 3.38. The van der Waals surface area contributed by atoms with E-state index in [1.165, 1.54) is 0 Å². The molecule has 5 nitrogen and oxygen atoms in total. The molecule has 0 atom stereocenters. The van der Waals surface area contributed by atoms with Gasteiger partial charge in [-0.3, -0.25) is 9.78 Å². The number of ether oxygens (including phenoxy) is 2. The summed E-state index contributed by atoms with van der Waals surface area (Å²) in [6.07, 6.45) is 3.80. The number of thioether (sulfide) groups is 1. The van der Waals surface area contributed by atoms with E-state index in [0.717, 1.165) is 27.6 Å². The topological polar surface area (TPSA) is 60.5 Å². The van der Waals surface area contributed by atoms with Crippen LogP contribution in [0.3, 0.4) is 0 Å². The van der Waals surface area contributed by atoms with Crippen LogP contribution in [0.25, 0.3) is 0 Å². The molecule has 0 bridgehead atoms. The van der Waals surface area contributed by atoms with Crippen LogP contribution in [0.4, 0.5) is 5.69 Å². The number of aryl methyl sites for hydroxylation is 1. The first-order valence-corrected chi connectivity index (χ1v) is 9.88. The zero-order valence-corrected chi connectivity index (χ0v) is 16.7. The van der Waals surface area contributed by atoms with E-state index in [1.807, 2.05) is 61.5 Å². The first kappa shape index (κ1) is 19.8. The molecule has 0 fully saturated rings. The number of amides is 1. The third kappa shape index (κ3) is 5.76. The van der Waals surface area contributed by atoms with Crippen LogP contribution in [0.2, 0.25) is 0 Å². The molecule has 1 amide bonds. The number of anilines is 1. The van der Waals surface area contributed by atoms with Gasteiger partial charge in [-0.05, 0) is 67.1 Å². The predicted octanol–water partition coefficient (Wildman–Crippen LogP) is 5.31. The Balaban J connectivity index is 1.48. The number of carbonyl (C=O) groups is 1. The Kier molecular flexibility index (Phi) is 6.92. The van der Waals surface area contributed by atoms with Crippen LogP contribution in [0.15, 0.2) is 71.9 Å². The second kappa shape index (κ2) is 9.80. The van der Waals surface area contributed by atoms with Crippen molar-refractivity contribution in [2.45, 2.75) is 18.2 Å². The molecule has 0 aliphatic rings. The van der Waals surface area contributed by atoms with Crippen molar-refractivity contribution in [3.8, 4) is 17.2 Å². The highest BCUT2D eigenvalue weighted by molar-refractivity contribution is 7.99. The molecule has 0 aliphatic carbocycles. The van der Waals surface area contributed by atoms with Gasteiger partial charge in [0.05, 0.1) is 13.3 Å². The van der Waals surface area contributed by atoms with Crippen molar-refractivity contribution in [2.75, 3.05) is 18.2 Å². The van der Waals surface area contributed by atoms with Crippen molar-refractivity contribution >= 4 is 23.4 Å². The van der Waals surface area contributed by atoms with Gasteiger partial charge in [-0.25, -0.2) is 0 Å². The van der Waals surface area contributed by atoms with Crippen molar-refractivity contribution in [3.05, 3.63) is 72.6 Å². The molecule has 0 spiro atoms. The smallest absolute Gasteiger partial charge is 0.225 e. The Labute approximate surface area is 169 Å². The monoisotopic (exact) mass is 394 g/mol. The molecule has 144 valence electrons. The highest BCUT2D eigenvalue weighted by atomic mass is 32.2. The lowest BCUT2D eigenvalue weighted by Crippen LogP contribution is -2.12. The fraction of sp³-hybridized carbons (Fsp3) is 0.182. The van der Waals surface area contributed by atoms with Gasteiger partial charge in [0.25, 0.3) is 0 Å². The minimum absolute atomic E-state index is 0.0126. The Bertz CT molecular complexity index is 915. The zero-order valence-electron chi connectivity index (χ0n) is 15.8.